The first-order valence-corrected chi connectivity index (χ1v) is 6.63. The highest BCUT2D eigenvalue weighted by Gasteiger charge is 2.14. The number of carbonyl (C=O) groups is 1. The van der Waals surface area contributed by atoms with E-state index in [-0.39, 0.29) is 5.76 Å². The summed E-state index contributed by atoms with van der Waals surface area (Å²) in [5, 5.41) is 9.58. The van der Waals surface area contributed by atoms with Crippen LogP contribution in [-0.4, -0.2) is 11.1 Å². The highest BCUT2D eigenvalue weighted by molar-refractivity contribution is 7.98. The van der Waals surface area contributed by atoms with Crippen LogP contribution >= 0.6 is 23.4 Å². The average molecular weight is 283 g/mol. The molecule has 0 saturated heterocycles. The molecule has 2 rings (SSSR count). The van der Waals surface area contributed by atoms with E-state index in [0.29, 0.717) is 22.1 Å². The van der Waals surface area contributed by atoms with Crippen molar-refractivity contribution in [3.05, 3.63) is 52.4 Å². The van der Waals surface area contributed by atoms with Crippen LogP contribution in [0.5, 0.6) is 0 Å². The monoisotopic (exact) mass is 282 g/mol. The van der Waals surface area contributed by atoms with Crippen LogP contribution in [-0.2, 0) is 5.75 Å². The van der Waals surface area contributed by atoms with Gasteiger partial charge in [0.25, 0.3) is 0 Å². The molecule has 0 saturated carbocycles. The fourth-order valence-electron chi connectivity index (χ4n) is 1.52. The van der Waals surface area contributed by atoms with Crippen LogP contribution in [0.2, 0.25) is 5.02 Å². The Morgan fingerprint density at radius 2 is 2.06 bits per heavy atom. The molecule has 1 heterocycles. The number of benzene rings is 1. The fourth-order valence-corrected chi connectivity index (χ4v) is 2.42. The number of aromatic carboxylic acids is 1. The SMILES string of the molecule is Cc1cc(CSc2ccc(Cl)cc2)oc1C(=O)O. The van der Waals surface area contributed by atoms with Crippen molar-refractivity contribution in [1.82, 2.24) is 0 Å². The van der Waals surface area contributed by atoms with Gasteiger partial charge in [0.1, 0.15) is 5.76 Å². The van der Waals surface area contributed by atoms with E-state index < -0.39 is 5.97 Å². The maximum Gasteiger partial charge on any atom is 0.372 e. The molecular formula is C13H11ClO3S. The Bertz CT molecular complexity index is 560. The molecule has 0 bridgehead atoms. The molecule has 0 atom stereocenters. The standard InChI is InChI=1S/C13H11ClO3S/c1-8-6-10(17-12(8)13(15)16)7-18-11-4-2-9(14)3-5-11/h2-6H,7H2,1H3,(H,15,16). The molecule has 2 aromatic rings. The molecule has 0 unspecified atom stereocenters. The second kappa shape index (κ2) is 5.50. The first kappa shape index (κ1) is 13.1. The zero-order valence-electron chi connectivity index (χ0n) is 9.64. The number of rotatable bonds is 4. The molecule has 5 heteroatoms. The van der Waals surface area contributed by atoms with Gasteiger partial charge in [-0.15, -0.1) is 11.8 Å². The Hall–Kier alpha value is -1.39. The van der Waals surface area contributed by atoms with Gasteiger partial charge in [0, 0.05) is 15.5 Å². The number of halogens is 1. The average Bonchev–Trinajstić information content (AvgIpc) is 2.70. The lowest BCUT2D eigenvalue weighted by atomic mass is 10.3. The van der Waals surface area contributed by atoms with Crippen molar-refractivity contribution in [1.29, 1.82) is 0 Å². The maximum absolute atomic E-state index is 10.8. The van der Waals surface area contributed by atoms with Gasteiger partial charge in [-0.3, -0.25) is 0 Å². The third kappa shape index (κ3) is 3.09. The minimum atomic E-state index is -1.03. The molecule has 0 aliphatic rings. The topological polar surface area (TPSA) is 50.4 Å². The van der Waals surface area contributed by atoms with Crippen LogP contribution in [0.15, 0.2) is 39.6 Å². The highest BCUT2D eigenvalue weighted by Crippen LogP contribution is 2.26. The molecule has 18 heavy (non-hydrogen) atoms. The van der Waals surface area contributed by atoms with Gasteiger partial charge in [-0.05, 0) is 37.3 Å². The lowest BCUT2D eigenvalue weighted by Gasteiger charge is -1.99. The third-order valence-electron chi connectivity index (χ3n) is 2.36. The van der Waals surface area contributed by atoms with Crippen molar-refractivity contribution in [3.63, 3.8) is 0 Å². The summed E-state index contributed by atoms with van der Waals surface area (Å²) in [6, 6.07) is 9.23. The van der Waals surface area contributed by atoms with Crippen molar-refractivity contribution in [3.8, 4) is 0 Å². The Kier molecular flexibility index (Phi) is 3.99. The van der Waals surface area contributed by atoms with Crippen LogP contribution in [0.3, 0.4) is 0 Å². The summed E-state index contributed by atoms with van der Waals surface area (Å²) in [6.45, 7) is 1.73. The normalized spacial score (nSPS) is 10.6. The molecule has 0 aliphatic heterocycles. The third-order valence-corrected chi connectivity index (χ3v) is 3.64. The van der Waals surface area contributed by atoms with Gasteiger partial charge in [0.15, 0.2) is 0 Å². The summed E-state index contributed by atoms with van der Waals surface area (Å²) < 4.78 is 5.27. The molecule has 0 aliphatic carbocycles. The van der Waals surface area contributed by atoms with Gasteiger partial charge in [-0.2, -0.15) is 0 Å². The van der Waals surface area contributed by atoms with Crippen molar-refractivity contribution >= 4 is 29.3 Å². The summed E-state index contributed by atoms with van der Waals surface area (Å²) >= 11 is 7.37. The lowest BCUT2D eigenvalue weighted by Crippen LogP contribution is -1.94. The first-order valence-electron chi connectivity index (χ1n) is 5.27. The summed E-state index contributed by atoms with van der Waals surface area (Å²) in [5.41, 5.74) is 0.647. The Balaban J connectivity index is 2.04. The molecule has 1 aromatic carbocycles. The molecule has 0 amide bonds. The highest BCUT2D eigenvalue weighted by atomic mass is 35.5. The number of carboxylic acid groups (broad SMARTS) is 1. The number of hydrogen-bond donors (Lipinski definition) is 1. The number of furan rings is 1. The van der Waals surface area contributed by atoms with Gasteiger partial charge in [-0.25, -0.2) is 4.79 Å². The predicted octanol–water partition coefficient (Wildman–Crippen LogP) is 4.23. The van der Waals surface area contributed by atoms with Crippen molar-refractivity contribution < 1.29 is 14.3 Å². The van der Waals surface area contributed by atoms with Crippen LogP contribution in [0.4, 0.5) is 0 Å². The maximum atomic E-state index is 10.8. The molecule has 94 valence electrons. The summed E-state index contributed by atoms with van der Waals surface area (Å²) in [5.74, 6) is 0.234. The van der Waals surface area contributed by atoms with Gasteiger partial charge in [-0.1, -0.05) is 11.6 Å². The van der Waals surface area contributed by atoms with E-state index in [0.717, 1.165) is 4.90 Å². The van der Waals surface area contributed by atoms with E-state index >= 15 is 0 Å². The summed E-state index contributed by atoms with van der Waals surface area (Å²) in [4.78, 5) is 11.9. The quantitative estimate of drug-likeness (QED) is 0.853. The Morgan fingerprint density at radius 3 is 2.61 bits per heavy atom. The minimum Gasteiger partial charge on any atom is -0.475 e. The van der Waals surface area contributed by atoms with Crippen molar-refractivity contribution in [2.45, 2.75) is 17.6 Å². The Labute approximate surface area is 114 Å². The lowest BCUT2D eigenvalue weighted by molar-refractivity contribution is 0.0659. The van der Waals surface area contributed by atoms with Crippen molar-refractivity contribution in [2.24, 2.45) is 0 Å². The summed E-state index contributed by atoms with van der Waals surface area (Å²) in [7, 11) is 0. The van der Waals surface area contributed by atoms with E-state index in [2.05, 4.69) is 0 Å². The van der Waals surface area contributed by atoms with Crippen LogP contribution in [0.1, 0.15) is 21.9 Å². The molecule has 0 spiro atoms. The van der Waals surface area contributed by atoms with Gasteiger partial charge >= 0.3 is 5.97 Å². The molecule has 0 radical (unpaired) electrons. The first-order chi connectivity index (χ1) is 8.56. The Morgan fingerprint density at radius 1 is 1.39 bits per heavy atom. The molecule has 3 nitrogen and oxygen atoms in total. The number of aryl methyl sites for hydroxylation is 1. The van der Waals surface area contributed by atoms with E-state index in [9.17, 15) is 4.79 Å². The molecule has 0 fully saturated rings. The van der Waals surface area contributed by atoms with Gasteiger partial charge in [0.2, 0.25) is 5.76 Å². The smallest absolute Gasteiger partial charge is 0.372 e. The molecular weight excluding hydrogens is 272 g/mol. The zero-order valence-corrected chi connectivity index (χ0v) is 11.2. The second-order valence-electron chi connectivity index (χ2n) is 3.77. The van der Waals surface area contributed by atoms with E-state index in [4.69, 9.17) is 21.1 Å². The fraction of sp³-hybridized carbons (Fsp3) is 0.154. The van der Waals surface area contributed by atoms with Crippen LogP contribution in [0.25, 0.3) is 0 Å². The van der Waals surface area contributed by atoms with E-state index in [1.54, 1.807) is 24.8 Å². The number of hydrogen-bond acceptors (Lipinski definition) is 3. The van der Waals surface area contributed by atoms with Gasteiger partial charge in [0.05, 0.1) is 5.75 Å². The number of carboxylic acids is 1. The number of thioether (sulfide) groups is 1. The van der Waals surface area contributed by atoms with E-state index in [1.165, 1.54) is 0 Å². The summed E-state index contributed by atoms with van der Waals surface area (Å²) in [6.07, 6.45) is 0. The zero-order chi connectivity index (χ0) is 13.1. The molecule has 1 N–H and O–H groups in total. The van der Waals surface area contributed by atoms with Crippen LogP contribution < -0.4 is 0 Å². The predicted molar refractivity (Wildman–Crippen MR) is 71.4 cm³/mol. The largest absolute Gasteiger partial charge is 0.475 e. The minimum absolute atomic E-state index is 0.0155. The molecule has 1 aromatic heterocycles. The second-order valence-corrected chi connectivity index (χ2v) is 5.26. The van der Waals surface area contributed by atoms with Crippen LogP contribution in [0, 0.1) is 6.92 Å². The van der Waals surface area contributed by atoms with Gasteiger partial charge < -0.3 is 9.52 Å². The van der Waals surface area contributed by atoms with E-state index in [1.807, 2.05) is 24.3 Å². The van der Waals surface area contributed by atoms with Crippen molar-refractivity contribution in [2.75, 3.05) is 0 Å².